The van der Waals surface area contributed by atoms with E-state index in [0.29, 0.717) is 0 Å². The van der Waals surface area contributed by atoms with Crippen LogP contribution in [0.5, 0.6) is 0 Å². The van der Waals surface area contributed by atoms with Gasteiger partial charge in [0.05, 0.1) is 0 Å². The molecule has 0 amide bonds. The summed E-state index contributed by atoms with van der Waals surface area (Å²) in [6.45, 7) is 0. The SMILES string of the molecule is [Fe].[Mn].[SiH4].[SiH4]. The van der Waals surface area contributed by atoms with Gasteiger partial charge in [0.2, 0.25) is 0 Å². The molecular weight excluding hydrogens is 167 g/mol. The predicted molar refractivity (Wildman–Crippen MR) is 22.7 cm³/mol. The van der Waals surface area contributed by atoms with Crippen LogP contribution in [0.2, 0.25) is 0 Å². The zero-order chi connectivity index (χ0) is 0. The van der Waals surface area contributed by atoms with Gasteiger partial charge < -0.3 is 0 Å². The molecule has 0 aliphatic carbocycles. The summed E-state index contributed by atoms with van der Waals surface area (Å²) in [6, 6.07) is 0. The molecule has 0 aromatic heterocycles. The van der Waals surface area contributed by atoms with Crippen molar-refractivity contribution in [3.8, 4) is 0 Å². The molecule has 0 saturated heterocycles. The topological polar surface area (TPSA) is 0 Å². The molecule has 0 spiro atoms. The Hall–Kier alpha value is 1.47. The van der Waals surface area contributed by atoms with Crippen molar-refractivity contribution in [2.24, 2.45) is 0 Å². The van der Waals surface area contributed by atoms with Crippen LogP contribution in [0.3, 0.4) is 0 Å². The minimum absolute atomic E-state index is 0. The molecule has 4 heteroatoms. The van der Waals surface area contributed by atoms with E-state index in [2.05, 4.69) is 0 Å². The van der Waals surface area contributed by atoms with Crippen LogP contribution in [0, 0.1) is 0 Å². The second-order valence-electron chi connectivity index (χ2n) is 0. The fraction of sp³-hybridized carbons (Fsp3) is 0. The molecule has 0 aromatic carbocycles. The molecule has 0 unspecified atom stereocenters. The second kappa shape index (κ2) is 24.9. The largest absolute Gasteiger partial charge is 0.0149 e. The summed E-state index contributed by atoms with van der Waals surface area (Å²) in [5.41, 5.74) is 0. The van der Waals surface area contributed by atoms with Crippen LogP contribution in [0.25, 0.3) is 0 Å². The molecule has 0 atom stereocenters. The Labute approximate surface area is 56.1 Å². The summed E-state index contributed by atoms with van der Waals surface area (Å²) in [5, 5.41) is 0. The molecule has 31 valence electrons. The monoisotopic (exact) mass is 175 g/mol. The number of rotatable bonds is 0. The smallest absolute Gasteiger partial charge is 0 e. The van der Waals surface area contributed by atoms with Gasteiger partial charge in [-0.1, -0.05) is 0 Å². The van der Waals surface area contributed by atoms with Crippen molar-refractivity contribution in [2.45, 2.75) is 0 Å². The summed E-state index contributed by atoms with van der Waals surface area (Å²) in [4.78, 5) is 0. The molecule has 0 heterocycles. The zero-order valence-electron chi connectivity index (χ0n) is 0.732. The van der Waals surface area contributed by atoms with Crippen LogP contribution in [0.1, 0.15) is 0 Å². The summed E-state index contributed by atoms with van der Waals surface area (Å²) >= 11 is 0. The van der Waals surface area contributed by atoms with Gasteiger partial charge in [-0.25, -0.2) is 0 Å². The van der Waals surface area contributed by atoms with E-state index in [9.17, 15) is 0 Å². The quantitative estimate of drug-likeness (QED) is 0.346. The maximum atomic E-state index is 0. The fourth-order valence-electron chi connectivity index (χ4n) is 0. The molecule has 0 aliphatic rings. The normalized spacial score (nSPS) is 0. The molecule has 0 aliphatic heterocycles. The summed E-state index contributed by atoms with van der Waals surface area (Å²) in [7, 11) is 0. The van der Waals surface area contributed by atoms with Gasteiger partial charge in [0.15, 0.2) is 0 Å². The van der Waals surface area contributed by atoms with E-state index in [1.807, 2.05) is 0 Å². The first-order valence-corrected chi connectivity index (χ1v) is 0. The van der Waals surface area contributed by atoms with Crippen LogP contribution in [0.4, 0.5) is 0 Å². The van der Waals surface area contributed by atoms with E-state index in [1.165, 1.54) is 0 Å². The van der Waals surface area contributed by atoms with Gasteiger partial charge in [0.1, 0.15) is 0 Å². The van der Waals surface area contributed by atoms with Gasteiger partial charge in [-0.3, -0.25) is 0 Å². The minimum Gasteiger partial charge on any atom is -0.0149 e. The molecular formula is H8FeMnSi2. The van der Waals surface area contributed by atoms with Crippen molar-refractivity contribution in [3.63, 3.8) is 0 Å². The Morgan fingerprint density at radius 3 is 0.750 bits per heavy atom. The van der Waals surface area contributed by atoms with Gasteiger partial charge in [0, 0.05) is 34.1 Å². The third-order valence-electron chi connectivity index (χ3n) is 0. The summed E-state index contributed by atoms with van der Waals surface area (Å²) in [5.74, 6) is 0. The Balaban J connectivity index is 0. The molecule has 0 N–H and O–H groups in total. The molecule has 1 radical (unpaired) electrons. The second-order valence-corrected chi connectivity index (χ2v) is 0. The van der Waals surface area contributed by atoms with Crippen molar-refractivity contribution in [2.75, 3.05) is 0 Å². The van der Waals surface area contributed by atoms with Gasteiger partial charge in [-0.15, -0.1) is 0 Å². The Morgan fingerprint density at radius 1 is 0.750 bits per heavy atom. The standard InChI is InChI=1S/Fe.Mn.2H4Si/h;;2*1H4. The van der Waals surface area contributed by atoms with Gasteiger partial charge >= 0.3 is 0 Å². The first-order valence-electron chi connectivity index (χ1n) is 0. The maximum Gasteiger partial charge on any atom is 0 e. The Bertz CT molecular complexity index is 6.00. The van der Waals surface area contributed by atoms with Crippen molar-refractivity contribution in [1.82, 2.24) is 0 Å². The third kappa shape index (κ3) is 9.79. The van der Waals surface area contributed by atoms with Crippen LogP contribution < -0.4 is 0 Å². The van der Waals surface area contributed by atoms with E-state index in [-0.39, 0.29) is 56.1 Å². The van der Waals surface area contributed by atoms with E-state index in [0.717, 1.165) is 0 Å². The van der Waals surface area contributed by atoms with Crippen LogP contribution in [-0.2, 0) is 34.1 Å². The van der Waals surface area contributed by atoms with Crippen LogP contribution in [-0.4, -0.2) is 21.9 Å². The average molecular weight is 175 g/mol. The van der Waals surface area contributed by atoms with E-state index in [4.69, 9.17) is 0 Å². The summed E-state index contributed by atoms with van der Waals surface area (Å²) < 4.78 is 0. The Morgan fingerprint density at radius 2 is 0.750 bits per heavy atom. The third-order valence-corrected chi connectivity index (χ3v) is 0. The molecule has 4 heavy (non-hydrogen) atoms. The molecule has 0 aromatic rings. The molecule has 0 nitrogen and oxygen atoms in total. The molecule has 0 bridgehead atoms. The maximum absolute atomic E-state index is 0. The van der Waals surface area contributed by atoms with Gasteiger partial charge in [-0.05, 0) is 21.9 Å². The first kappa shape index (κ1) is 50.5. The fourth-order valence-corrected chi connectivity index (χ4v) is 0. The minimum atomic E-state index is 0. The molecule has 0 fully saturated rings. The van der Waals surface area contributed by atoms with Gasteiger partial charge in [-0.2, -0.15) is 0 Å². The van der Waals surface area contributed by atoms with E-state index >= 15 is 0 Å². The summed E-state index contributed by atoms with van der Waals surface area (Å²) in [6.07, 6.45) is 0. The Kier molecular flexibility index (Phi) is 314. The van der Waals surface area contributed by atoms with Crippen molar-refractivity contribution < 1.29 is 34.1 Å². The predicted octanol–water partition coefficient (Wildman–Crippen LogP) is -2.91. The van der Waals surface area contributed by atoms with Crippen molar-refractivity contribution in [1.29, 1.82) is 0 Å². The number of hydrogen-bond acceptors (Lipinski definition) is 0. The van der Waals surface area contributed by atoms with E-state index < -0.39 is 0 Å². The van der Waals surface area contributed by atoms with Crippen LogP contribution >= 0.6 is 0 Å². The number of hydrogen-bond donors (Lipinski definition) is 0. The van der Waals surface area contributed by atoms with Crippen LogP contribution in [0.15, 0.2) is 0 Å². The van der Waals surface area contributed by atoms with Crippen molar-refractivity contribution >= 4 is 21.9 Å². The molecule has 0 saturated carbocycles. The average Bonchev–Trinajstić information content (AvgIpc) is 0. The first-order chi connectivity index (χ1) is 0. The van der Waals surface area contributed by atoms with Gasteiger partial charge in [0.25, 0.3) is 0 Å². The zero-order valence-corrected chi connectivity index (χ0v) is 3.02. The molecule has 0 rings (SSSR count). The van der Waals surface area contributed by atoms with E-state index in [1.54, 1.807) is 0 Å². The van der Waals surface area contributed by atoms with Crippen molar-refractivity contribution in [3.05, 3.63) is 0 Å².